The molecule has 0 saturated carbocycles. The second-order valence-corrected chi connectivity index (χ2v) is 6.24. The van der Waals surface area contributed by atoms with Crippen LogP contribution in [0.1, 0.15) is 16.5 Å². The van der Waals surface area contributed by atoms with Gasteiger partial charge in [0.15, 0.2) is 0 Å². The van der Waals surface area contributed by atoms with Crippen molar-refractivity contribution in [3.05, 3.63) is 67.9 Å². The molecule has 100 valence electrons. The third-order valence-electron chi connectivity index (χ3n) is 2.75. The van der Waals surface area contributed by atoms with Gasteiger partial charge in [0.25, 0.3) is 0 Å². The van der Waals surface area contributed by atoms with Crippen molar-refractivity contribution < 1.29 is 4.39 Å². The van der Waals surface area contributed by atoms with Gasteiger partial charge in [0.05, 0.1) is 10.4 Å². The zero-order chi connectivity index (χ0) is 14.0. The van der Waals surface area contributed by atoms with Gasteiger partial charge in [-0.1, -0.05) is 35.3 Å². The maximum atomic E-state index is 13.7. The molecular weight excluding hydrogens is 373 g/mol. The van der Waals surface area contributed by atoms with Gasteiger partial charge in [-0.3, -0.25) is 0 Å². The second kappa shape index (κ2) is 6.45. The molecule has 0 N–H and O–H groups in total. The molecule has 19 heavy (non-hydrogen) atoms. The summed E-state index contributed by atoms with van der Waals surface area (Å²) in [5.74, 6) is -0.342. The van der Waals surface area contributed by atoms with E-state index in [9.17, 15) is 4.39 Å². The van der Waals surface area contributed by atoms with E-state index in [1.54, 1.807) is 18.2 Å². The molecule has 0 saturated heterocycles. The summed E-state index contributed by atoms with van der Waals surface area (Å²) in [7, 11) is 0. The average molecular weight is 382 g/mol. The lowest BCUT2D eigenvalue weighted by Crippen LogP contribution is -1.99. The number of halogens is 5. The number of hydrogen-bond acceptors (Lipinski definition) is 0. The van der Waals surface area contributed by atoms with Crippen molar-refractivity contribution in [3.8, 4) is 0 Å². The Morgan fingerprint density at radius 1 is 1.11 bits per heavy atom. The molecule has 0 heterocycles. The molecule has 0 aliphatic carbocycles. The molecule has 2 rings (SSSR count). The van der Waals surface area contributed by atoms with Gasteiger partial charge in [0.1, 0.15) is 5.82 Å². The molecule has 1 atom stereocenters. The Kier molecular flexibility index (Phi) is 5.13. The van der Waals surface area contributed by atoms with Gasteiger partial charge in [-0.15, -0.1) is 11.6 Å². The van der Waals surface area contributed by atoms with Crippen LogP contribution in [0, 0.1) is 5.82 Å². The van der Waals surface area contributed by atoms with Crippen LogP contribution in [0.15, 0.2) is 40.9 Å². The predicted molar refractivity (Wildman–Crippen MR) is 82.9 cm³/mol. The summed E-state index contributed by atoms with van der Waals surface area (Å²) in [6.45, 7) is 0. The van der Waals surface area contributed by atoms with Crippen LogP contribution in [0.5, 0.6) is 0 Å². The molecule has 0 nitrogen and oxygen atoms in total. The van der Waals surface area contributed by atoms with E-state index in [1.807, 2.05) is 12.1 Å². The lowest BCUT2D eigenvalue weighted by Gasteiger charge is -2.12. The Labute approximate surface area is 134 Å². The molecule has 0 radical (unpaired) electrons. The maximum absolute atomic E-state index is 13.7. The van der Waals surface area contributed by atoms with Crippen molar-refractivity contribution in [3.63, 3.8) is 0 Å². The molecule has 0 amide bonds. The van der Waals surface area contributed by atoms with Crippen LogP contribution < -0.4 is 0 Å². The van der Waals surface area contributed by atoms with Crippen molar-refractivity contribution in [2.45, 2.75) is 11.8 Å². The first kappa shape index (κ1) is 15.1. The minimum absolute atomic E-state index is 0.321. The number of benzene rings is 2. The third-order valence-corrected chi connectivity index (χ3v) is 4.72. The minimum atomic E-state index is -0.372. The summed E-state index contributed by atoms with van der Waals surface area (Å²) in [5.41, 5.74) is 1.28. The van der Waals surface area contributed by atoms with E-state index in [0.29, 0.717) is 22.0 Å². The van der Waals surface area contributed by atoms with Crippen LogP contribution in [-0.4, -0.2) is 0 Å². The van der Waals surface area contributed by atoms with E-state index in [4.69, 9.17) is 34.8 Å². The van der Waals surface area contributed by atoms with Gasteiger partial charge < -0.3 is 0 Å². The van der Waals surface area contributed by atoms with Crippen molar-refractivity contribution in [1.82, 2.24) is 0 Å². The Balaban J connectivity index is 2.25. The van der Waals surface area contributed by atoms with E-state index in [1.165, 1.54) is 6.07 Å². The lowest BCUT2D eigenvalue weighted by molar-refractivity contribution is 0.607. The molecule has 0 bridgehead atoms. The molecular formula is C14H9BrCl3F. The van der Waals surface area contributed by atoms with Crippen molar-refractivity contribution in [2.75, 3.05) is 0 Å². The fourth-order valence-corrected chi connectivity index (χ4v) is 2.78. The highest BCUT2D eigenvalue weighted by Gasteiger charge is 2.15. The Morgan fingerprint density at radius 3 is 2.47 bits per heavy atom. The van der Waals surface area contributed by atoms with Gasteiger partial charge in [-0.25, -0.2) is 4.39 Å². The predicted octanol–water partition coefficient (Wildman–Crippen LogP) is 6.42. The van der Waals surface area contributed by atoms with Gasteiger partial charge in [-0.2, -0.15) is 0 Å². The Bertz CT molecular complexity index is 581. The van der Waals surface area contributed by atoms with Gasteiger partial charge >= 0.3 is 0 Å². The Hall–Kier alpha value is -0.280. The van der Waals surface area contributed by atoms with Crippen LogP contribution >= 0.6 is 50.7 Å². The highest BCUT2D eigenvalue weighted by atomic mass is 79.9. The summed E-state index contributed by atoms with van der Waals surface area (Å²) in [5, 5.41) is 0.623. The van der Waals surface area contributed by atoms with Crippen LogP contribution in [0.4, 0.5) is 4.39 Å². The molecule has 2 aromatic rings. The van der Waals surface area contributed by atoms with E-state index in [-0.39, 0.29) is 11.2 Å². The molecule has 0 aromatic heterocycles. The van der Waals surface area contributed by atoms with E-state index < -0.39 is 0 Å². The van der Waals surface area contributed by atoms with Gasteiger partial charge in [-0.05, 0) is 52.2 Å². The zero-order valence-corrected chi connectivity index (χ0v) is 13.5. The Morgan fingerprint density at radius 2 is 1.84 bits per heavy atom. The monoisotopic (exact) mass is 380 g/mol. The fourth-order valence-electron chi connectivity index (χ4n) is 1.73. The molecule has 0 fully saturated rings. The fraction of sp³-hybridized carbons (Fsp3) is 0.143. The first-order valence-corrected chi connectivity index (χ1v) is 7.49. The van der Waals surface area contributed by atoms with Crippen LogP contribution in [0.2, 0.25) is 10.0 Å². The molecule has 0 aliphatic rings. The van der Waals surface area contributed by atoms with E-state index >= 15 is 0 Å². The smallest absolute Gasteiger partial charge is 0.127 e. The van der Waals surface area contributed by atoms with Crippen LogP contribution in [-0.2, 0) is 6.42 Å². The first-order chi connectivity index (χ1) is 8.99. The standard InChI is InChI=1S/C14H9BrCl3F/c15-10-6-8(4-5-12(10)17)13(18)7-9-11(16)2-1-3-14(9)19/h1-6,13H,7H2. The van der Waals surface area contributed by atoms with Crippen molar-refractivity contribution in [1.29, 1.82) is 0 Å². The van der Waals surface area contributed by atoms with E-state index in [0.717, 1.165) is 10.0 Å². The van der Waals surface area contributed by atoms with Gasteiger partial charge in [0.2, 0.25) is 0 Å². The SMILES string of the molecule is Fc1cccc(Cl)c1CC(Cl)c1ccc(Cl)c(Br)c1. The molecule has 5 heteroatoms. The lowest BCUT2D eigenvalue weighted by atomic mass is 10.0. The molecule has 0 aliphatic heterocycles. The number of hydrogen-bond donors (Lipinski definition) is 0. The summed E-state index contributed by atoms with van der Waals surface area (Å²) in [4.78, 5) is 0. The normalized spacial score (nSPS) is 12.5. The molecule has 0 spiro atoms. The van der Waals surface area contributed by atoms with Crippen LogP contribution in [0.25, 0.3) is 0 Å². The zero-order valence-electron chi connectivity index (χ0n) is 9.64. The number of alkyl halides is 1. The number of rotatable bonds is 3. The largest absolute Gasteiger partial charge is 0.207 e. The second-order valence-electron chi connectivity index (χ2n) is 4.05. The maximum Gasteiger partial charge on any atom is 0.127 e. The minimum Gasteiger partial charge on any atom is -0.207 e. The van der Waals surface area contributed by atoms with Crippen molar-refractivity contribution >= 4 is 50.7 Å². The first-order valence-electron chi connectivity index (χ1n) is 5.51. The highest BCUT2D eigenvalue weighted by Crippen LogP contribution is 2.33. The van der Waals surface area contributed by atoms with Crippen LogP contribution in [0.3, 0.4) is 0 Å². The average Bonchev–Trinajstić information content (AvgIpc) is 2.37. The highest BCUT2D eigenvalue weighted by molar-refractivity contribution is 9.10. The summed E-state index contributed by atoms with van der Waals surface area (Å²) < 4.78 is 14.5. The van der Waals surface area contributed by atoms with Crippen molar-refractivity contribution in [2.24, 2.45) is 0 Å². The quantitative estimate of drug-likeness (QED) is 0.538. The van der Waals surface area contributed by atoms with Gasteiger partial charge in [0, 0.05) is 15.1 Å². The summed E-state index contributed by atoms with van der Waals surface area (Å²) >= 11 is 21.6. The molecule has 1 unspecified atom stereocenters. The third kappa shape index (κ3) is 3.63. The topological polar surface area (TPSA) is 0 Å². The molecule has 2 aromatic carbocycles. The summed E-state index contributed by atoms with van der Waals surface area (Å²) in [6, 6.07) is 10.0. The summed E-state index contributed by atoms with van der Waals surface area (Å²) in [6.07, 6.45) is 0.321. The van der Waals surface area contributed by atoms with E-state index in [2.05, 4.69) is 15.9 Å².